The summed E-state index contributed by atoms with van der Waals surface area (Å²) >= 11 is 0. The molecule has 6 nitrogen and oxygen atoms in total. The first kappa shape index (κ1) is 21.6. The molecule has 0 radical (unpaired) electrons. The zero-order chi connectivity index (χ0) is 21.7. The molecule has 1 N–H and O–H groups in total. The third-order valence-corrected chi connectivity index (χ3v) is 5.04. The first-order chi connectivity index (χ1) is 14.4. The molecule has 0 saturated heterocycles. The minimum atomic E-state index is -0.260. The molecule has 30 heavy (non-hydrogen) atoms. The van der Waals surface area contributed by atoms with Crippen molar-refractivity contribution in [3.8, 4) is 0 Å². The van der Waals surface area contributed by atoms with Crippen LogP contribution in [-0.4, -0.2) is 35.3 Å². The molecule has 0 fully saturated rings. The second-order valence-corrected chi connectivity index (χ2v) is 7.95. The van der Waals surface area contributed by atoms with E-state index in [1.54, 1.807) is 12.1 Å². The predicted octanol–water partition coefficient (Wildman–Crippen LogP) is 3.62. The molecule has 0 bridgehead atoms. The molecule has 2 aromatic carbocycles. The minimum absolute atomic E-state index is 0.160. The van der Waals surface area contributed by atoms with Gasteiger partial charge in [0.1, 0.15) is 0 Å². The summed E-state index contributed by atoms with van der Waals surface area (Å²) in [7, 11) is 0. The van der Waals surface area contributed by atoms with Crippen LogP contribution in [0.15, 0.2) is 53.3 Å². The van der Waals surface area contributed by atoms with Crippen LogP contribution in [-0.2, 0) is 6.54 Å². The summed E-state index contributed by atoms with van der Waals surface area (Å²) in [4.78, 5) is 27.9. The van der Waals surface area contributed by atoms with Crippen LogP contribution in [0.5, 0.6) is 0 Å². The topological polar surface area (TPSA) is 67.2 Å². The van der Waals surface area contributed by atoms with E-state index in [1.165, 1.54) is 10.2 Å². The van der Waals surface area contributed by atoms with Crippen molar-refractivity contribution in [2.24, 2.45) is 5.92 Å². The van der Waals surface area contributed by atoms with Crippen molar-refractivity contribution in [1.82, 2.24) is 15.1 Å². The molecule has 3 rings (SSSR count). The lowest BCUT2D eigenvalue weighted by molar-refractivity contribution is 0.0949. The van der Waals surface area contributed by atoms with Crippen LogP contribution in [0.25, 0.3) is 10.8 Å². The van der Waals surface area contributed by atoms with Gasteiger partial charge in [-0.25, -0.2) is 4.68 Å². The summed E-state index contributed by atoms with van der Waals surface area (Å²) in [5, 5.41) is 8.50. The highest BCUT2D eigenvalue weighted by atomic mass is 16.2. The van der Waals surface area contributed by atoms with Crippen molar-refractivity contribution < 1.29 is 4.79 Å². The predicted molar refractivity (Wildman–Crippen MR) is 122 cm³/mol. The van der Waals surface area contributed by atoms with Crippen molar-refractivity contribution in [2.75, 3.05) is 24.5 Å². The van der Waals surface area contributed by atoms with Crippen LogP contribution in [0.1, 0.15) is 36.8 Å². The lowest BCUT2D eigenvalue weighted by Gasteiger charge is -2.23. The smallest absolute Gasteiger partial charge is 0.274 e. The maximum atomic E-state index is 13.0. The number of amides is 1. The fourth-order valence-corrected chi connectivity index (χ4v) is 3.56. The second-order valence-electron chi connectivity index (χ2n) is 7.95. The van der Waals surface area contributed by atoms with Gasteiger partial charge in [0.2, 0.25) is 0 Å². The first-order valence-corrected chi connectivity index (χ1v) is 10.5. The molecule has 0 aliphatic heterocycles. The van der Waals surface area contributed by atoms with Gasteiger partial charge < -0.3 is 10.2 Å². The molecule has 0 spiro atoms. The molecule has 0 unspecified atom stereocenters. The Morgan fingerprint density at radius 2 is 1.87 bits per heavy atom. The lowest BCUT2D eigenvalue weighted by atomic mass is 10.1. The van der Waals surface area contributed by atoms with Gasteiger partial charge in [0, 0.05) is 37.3 Å². The quantitative estimate of drug-likeness (QED) is 0.620. The zero-order valence-electron chi connectivity index (χ0n) is 18.2. The summed E-state index contributed by atoms with van der Waals surface area (Å²) < 4.78 is 1.41. The van der Waals surface area contributed by atoms with E-state index in [2.05, 4.69) is 47.4 Å². The summed E-state index contributed by atoms with van der Waals surface area (Å²) in [6.07, 6.45) is 0. The monoisotopic (exact) mass is 406 g/mol. The highest BCUT2D eigenvalue weighted by Gasteiger charge is 2.17. The molecule has 0 atom stereocenters. The van der Waals surface area contributed by atoms with E-state index in [9.17, 15) is 9.59 Å². The Labute approximate surface area is 177 Å². The Morgan fingerprint density at radius 1 is 1.13 bits per heavy atom. The molecule has 0 aliphatic carbocycles. The van der Waals surface area contributed by atoms with E-state index in [1.807, 2.05) is 32.0 Å². The van der Waals surface area contributed by atoms with Gasteiger partial charge in [-0.3, -0.25) is 9.59 Å². The molecule has 0 aliphatic rings. The zero-order valence-corrected chi connectivity index (χ0v) is 18.2. The summed E-state index contributed by atoms with van der Waals surface area (Å²) in [5.74, 6) is -0.0104. The normalized spacial score (nSPS) is 11.1. The van der Waals surface area contributed by atoms with Crippen molar-refractivity contribution in [3.63, 3.8) is 0 Å². The number of aryl methyl sites for hydroxylation is 1. The molecule has 1 aromatic heterocycles. The number of fused-ring (bicyclic) bond motifs is 1. The Hall–Kier alpha value is -3.15. The van der Waals surface area contributed by atoms with Crippen LogP contribution < -0.4 is 15.8 Å². The van der Waals surface area contributed by atoms with Gasteiger partial charge in [0.15, 0.2) is 5.69 Å². The van der Waals surface area contributed by atoms with Gasteiger partial charge >= 0.3 is 0 Å². The molecule has 0 saturated carbocycles. The molecular weight excluding hydrogens is 376 g/mol. The van der Waals surface area contributed by atoms with E-state index >= 15 is 0 Å². The number of carbonyl (C=O) groups excluding carboxylic acids is 1. The fraction of sp³-hybridized carbons (Fsp3) is 0.375. The molecule has 1 heterocycles. The number of likely N-dealkylation sites (N-methyl/N-ethyl adjacent to an activating group) is 1. The third-order valence-electron chi connectivity index (χ3n) is 5.04. The number of benzene rings is 2. The van der Waals surface area contributed by atoms with Crippen LogP contribution >= 0.6 is 0 Å². The van der Waals surface area contributed by atoms with E-state index in [-0.39, 0.29) is 17.4 Å². The third kappa shape index (κ3) is 4.87. The highest BCUT2D eigenvalue weighted by molar-refractivity contribution is 6.04. The van der Waals surface area contributed by atoms with Crippen molar-refractivity contribution in [2.45, 2.75) is 34.2 Å². The van der Waals surface area contributed by atoms with Crippen molar-refractivity contribution >= 4 is 22.4 Å². The molecule has 3 aromatic rings. The lowest BCUT2D eigenvalue weighted by Crippen LogP contribution is -2.36. The second kappa shape index (κ2) is 9.57. The Bertz CT molecular complexity index is 1090. The molecule has 158 valence electrons. The van der Waals surface area contributed by atoms with Crippen LogP contribution in [0, 0.1) is 12.8 Å². The first-order valence-electron chi connectivity index (χ1n) is 10.5. The SMILES string of the molecule is CCN(CCNC(=O)c1nn(CC(C)C)c(=O)c2ccccc12)c1cccc(C)c1. The number of hydrogen-bond donors (Lipinski definition) is 1. The van der Waals surface area contributed by atoms with Crippen molar-refractivity contribution in [3.05, 3.63) is 70.1 Å². The largest absolute Gasteiger partial charge is 0.370 e. The van der Waals surface area contributed by atoms with Gasteiger partial charge in [-0.15, -0.1) is 0 Å². The van der Waals surface area contributed by atoms with Crippen LogP contribution in [0.2, 0.25) is 0 Å². The highest BCUT2D eigenvalue weighted by Crippen LogP contribution is 2.16. The van der Waals surface area contributed by atoms with Gasteiger partial charge in [0.05, 0.1) is 5.39 Å². The van der Waals surface area contributed by atoms with Gasteiger partial charge in [-0.2, -0.15) is 5.10 Å². The maximum absolute atomic E-state index is 13.0. The summed E-state index contributed by atoms with van der Waals surface area (Å²) in [5.41, 5.74) is 2.48. The van der Waals surface area contributed by atoms with Crippen LogP contribution in [0.3, 0.4) is 0 Å². The van der Waals surface area contributed by atoms with E-state index in [0.717, 1.165) is 12.2 Å². The number of nitrogens with one attached hydrogen (secondary N) is 1. The molecule has 1 amide bonds. The standard InChI is InChI=1S/C24H30N4O2/c1-5-27(19-10-8-9-18(4)15-19)14-13-25-23(29)22-20-11-6-7-12-21(20)24(30)28(26-22)16-17(2)3/h6-12,15,17H,5,13-14,16H2,1-4H3,(H,25,29). The van der Waals surface area contributed by atoms with E-state index in [0.29, 0.717) is 36.1 Å². The Morgan fingerprint density at radius 3 is 2.53 bits per heavy atom. The summed E-state index contributed by atoms with van der Waals surface area (Å²) in [6, 6.07) is 15.5. The Kier molecular flexibility index (Phi) is 6.87. The average molecular weight is 407 g/mol. The number of aromatic nitrogens is 2. The number of hydrogen-bond acceptors (Lipinski definition) is 4. The summed E-state index contributed by atoms with van der Waals surface area (Å²) in [6.45, 7) is 10.7. The van der Waals surface area contributed by atoms with Crippen molar-refractivity contribution in [1.29, 1.82) is 0 Å². The fourth-order valence-electron chi connectivity index (χ4n) is 3.56. The van der Waals surface area contributed by atoms with E-state index in [4.69, 9.17) is 0 Å². The van der Waals surface area contributed by atoms with Crippen LogP contribution in [0.4, 0.5) is 5.69 Å². The van der Waals surface area contributed by atoms with Gasteiger partial charge in [0.25, 0.3) is 11.5 Å². The number of anilines is 1. The van der Waals surface area contributed by atoms with Gasteiger partial charge in [-0.05, 0) is 43.5 Å². The maximum Gasteiger partial charge on any atom is 0.274 e. The van der Waals surface area contributed by atoms with E-state index < -0.39 is 0 Å². The molecular formula is C24H30N4O2. The van der Waals surface area contributed by atoms with Gasteiger partial charge in [-0.1, -0.05) is 44.2 Å². The Balaban J connectivity index is 1.79. The number of nitrogens with zero attached hydrogens (tertiary/aromatic N) is 3. The number of rotatable bonds is 8. The minimum Gasteiger partial charge on any atom is -0.370 e. The number of carbonyl (C=O) groups is 1. The molecule has 6 heteroatoms. The average Bonchev–Trinajstić information content (AvgIpc) is 2.73.